The highest BCUT2D eigenvalue weighted by molar-refractivity contribution is 5.84. The van der Waals surface area contributed by atoms with Gasteiger partial charge >= 0.3 is 0 Å². The number of nitrogens with zero attached hydrogens (tertiary/aromatic N) is 1. The minimum atomic E-state index is 0.103. The standard InChI is InChI=1S/C10H10N2O/c1-12-6-8(10-11-13-10)7-4-2-3-5-9(7)12/h2-6,10-11H,1H3. The molecule has 13 heavy (non-hydrogen) atoms. The molecule has 2 heterocycles. The monoisotopic (exact) mass is 174 g/mol. The van der Waals surface area contributed by atoms with Crippen molar-refractivity contribution in [2.45, 2.75) is 6.23 Å². The predicted molar refractivity (Wildman–Crippen MR) is 49.9 cm³/mol. The molecule has 3 nitrogen and oxygen atoms in total. The highest BCUT2D eigenvalue weighted by atomic mass is 16.8. The fourth-order valence-corrected chi connectivity index (χ4v) is 1.74. The van der Waals surface area contributed by atoms with Gasteiger partial charge in [-0.05, 0) is 6.07 Å². The average molecular weight is 174 g/mol. The summed E-state index contributed by atoms with van der Waals surface area (Å²) in [5, 5.41) is 1.26. The Hall–Kier alpha value is -1.32. The number of para-hydroxylation sites is 1. The van der Waals surface area contributed by atoms with Crippen molar-refractivity contribution in [2.24, 2.45) is 7.05 Å². The van der Waals surface area contributed by atoms with E-state index in [1.807, 2.05) is 19.2 Å². The van der Waals surface area contributed by atoms with Crippen molar-refractivity contribution in [3.05, 3.63) is 36.0 Å². The van der Waals surface area contributed by atoms with Gasteiger partial charge in [0.25, 0.3) is 0 Å². The topological polar surface area (TPSA) is 39.4 Å². The Bertz CT molecular complexity index is 457. The number of fused-ring (bicyclic) bond motifs is 1. The van der Waals surface area contributed by atoms with Crippen molar-refractivity contribution in [1.82, 2.24) is 10.0 Å². The summed E-state index contributed by atoms with van der Waals surface area (Å²) >= 11 is 0. The number of aryl methyl sites for hydroxylation is 1. The normalized spacial score (nSPS) is 20.8. The van der Waals surface area contributed by atoms with Crippen LogP contribution in [-0.2, 0) is 11.9 Å². The van der Waals surface area contributed by atoms with E-state index in [9.17, 15) is 0 Å². The first-order chi connectivity index (χ1) is 6.36. The summed E-state index contributed by atoms with van der Waals surface area (Å²) in [6, 6.07) is 8.33. The van der Waals surface area contributed by atoms with Gasteiger partial charge in [-0.2, -0.15) is 5.48 Å². The molecule has 1 saturated heterocycles. The van der Waals surface area contributed by atoms with Crippen molar-refractivity contribution >= 4 is 10.9 Å². The van der Waals surface area contributed by atoms with Gasteiger partial charge in [0.1, 0.15) is 0 Å². The van der Waals surface area contributed by atoms with E-state index < -0.39 is 0 Å². The highest BCUT2D eigenvalue weighted by Gasteiger charge is 2.27. The van der Waals surface area contributed by atoms with E-state index in [1.165, 1.54) is 16.5 Å². The average Bonchev–Trinajstić information content (AvgIpc) is 2.94. The van der Waals surface area contributed by atoms with Crippen LogP contribution in [0, 0.1) is 0 Å². The van der Waals surface area contributed by atoms with Crippen LogP contribution in [0.15, 0.2) is 30.5 Å². The maximum atomic E-state index is 5.05. The third-order valence-corrected chi connectivity index (χ3v) is 2.45. The molecule has 0 radical (unpaired) electrons. The summed E-state index contributed by atoms with van der Waals surface area (Å²) in [6.45, 7) is 0. The number of hydroxylamine groups is 1. The third kappa shape index (κ3) is 0.978. The molecule has 66 valence electrons. The van der Waals surface area contributed by atoms with E-state index in [4.69, 9.17) is 4.84 Å². The number of hydrogen-bond acceptors (Lipinski definition) is 2. The van der Waals surface area contributed by atoms with Crippen LogP contribution >= 0.6 is 0 Å². The van der Waals surface area contributed by atoms with Crippen molar-refractivity contribution in [3.63, 3.8) is 0 Å². The summed E-state index contributed by atoms with van der Waals surface area (Å²) in [5.41, 5.74) is 5.31. The van der Waals surface area contributed by atoms with Gasteiger partial charge in [0.15, 0.2) is 6.23 Å². The van der Waals surface area contributed by atoms with E-state index >= 15 is 0 Å². The molecule has 1 aromatic heterocycles. The van der Waals surface area contributed by atoms with Gasteiger partial charge in [-0.1, -0.05) is 18.2 Å². The molecule has 1 N–H and O–H groups in total. The van der Waals surface area contributed by atoms with E-state index in [1.54, 1.807) is 0 Å². The van der Waals surface area contributed by atoms with Crippen LogP contribution in [0.2, 0.25) is 0 Å². The first kappa shape index (κ1) is 7.12. The van der Waals surface area contributed by atoms with Crippen LogP contribution in [0.3, 0.4) is 0 Å². The molecule has 1 aromatic carbocycles. The number of benzene rings is 1. The van der Waals surface area contributed by atoms with Gasteiger partial charge in [0.05, 0.1) is 0 Å². The molecule has 2 aromatic rings. The lowest BCUT2D eigenvalue weighted by molar-refractivity contribution is 0.375. The third-order valence-electron chi connectivity index (χ3n) is 2.45. The van der Waals surface area contributed by atoms with Crippen molar-refractivity contribution < 1.29 is 4.84 Å². The number of hydrogen-bond donors (Lipinski definition) is 1. The quantitative estimate of drug-likeness (QED) is 0.668. The maximum absolute atomic E-state index is 5.05. The smallest absolute Gasteiger partial charge is 0.178 e. The lowest BCUT2D eigenvalue weighted by atomic mass is 10.2. The van der Waals surface area contributed by atoms with Gasteiger partial charge < -0.3 is 4.57 Å². The minimum absolute atomic E-state index is 0.103. The molecular formula is C10H10N2O. The summed E-state index contributed by atoms with van der Waals surface area (Å²) in [4.78, 5) is 5.05. The lowest BCUT2D eigenvalue weighted by Crippen LogP contribution is -1.82. The summed E-state index contributed by atoms with van der Waals surface area (Å²) in [6.07, 6.45) is 2.21. The van der Waals surface area contributed by atoms with Crippen LogP contribution < -0.4 is 5.48 Å². The minimum Gasteiger partial charge on any atom is -0.350 e. The molecule has 0 saturated carbocycles. The molecule has 0 amide bonds. The Morgan fingerprint density at radius 2 is 2.15 bits per heavy atom. The zero-order valence-corrected chi connectivity index (χ0v) is 7.32. The molecule has 3 heteroatoms. The predicted octanol–water partition coefficient (Wildman–Crippen LogP) is 1.71. The molecule has 1 atom stereocenters. The van der Waals surface area contributed by atoms with E-state index in [0.717, 1.165) is 0 Å². The lowest BCUT2D eigenvalue weighted by Gasteiger charge is -1.92. The molecule has 0 aliphatic carbocycles. The zero-order valence-electron chi connectivity index (χ0n) is 7.32. The van der Waals surface area contributed by atoms with Crippen LogP contribution in [0.4, 0.5) is 0 Å². The Balaban J connectivity index is 2.34. The van der Waals surface area contributed by atoms with Gasteiger partial charge in [-0.25, -0.2) is 0 Å². The molecule has 1 aliphatic heterocycles. The maximum Gasteiger partial charge on any atom is 0.178 e. The van der Waals surface area contributed by atoms with Gasteiger partial charge in [-0.15, -0.1) is 0 Å². The number of aromatic nitrogens is 1. The van der Waals surface area contributed by atoms with Gasteiger partial charge in [0.2, 0.25) is 0 Å². The zero-order chi connectivity index (χ0) is 8.84. The Morgan fingerprint density at radius 1 is 1.38 bits per heavy atom. The number of nitrogens with one attached hydrogen (secondary N) is 1. The SMILES string of the molecule is Cn1cc(C2NO2)c2ccccc21. The highest BCUT2D eigenvalue weighted by Crippen LogP contribution is 2.31. The Morgan fingerprint density at radius 3 is 2.92 bits per heavy atom. The molecule has 0 spiro atoms. The summed E-state index contributed by atoms with van der Waals surface area (Å²) in [5.74, 6) is 0. The van der Waals surface area contributed by atoms with Crippen molar-refractivity contribution in [3.8, 4) is 0 Å². The van der Waals surface area contributed by atoms with Crippen molar-refractivity contribution in [1.29, 1.82) is 0 Å². The molecule has 1 fully saturated rings. The molecule has 1 unspecified atom stereocenters. The molecule has 3 rings (SSSR count). The van der Waals surface area contributed by atoms with Crippen molar-refractivity contribution in [2.75, 3.05) is 0 Å². The second-order valence-corrected chi connectivity index (χ2v) is 3.33. The second-order valence-electron chi connectivity index (χ2n) is 3.33. The molecular weight excluding hydrogens is 164 g/mol. The fraction of sp³-hybridized carbons (Fsp3) is 0.200. The van der Waals surface area contributed by atoms with E-state index in [2.05, 4.69) is 28.4 Å². The second kappa shape index (κ2) is 2.34. The summed E-state index contributed by atoms with van der Waals surface area (Å²) in [7, 11) is 2.05. The van der Waals surface area contributed by atoms with E-state index in [0.29, 0.717) is 0 Å². The van der Waals surface area contributed by atoms with Gasteiger partial charge in [-0.3, -0.25) is 4.84 Å². The molecule has 1 aliphatic rings. The number of rotatable bonds is 1. The Labute approximate surface area is 75.9 Å². The van der Waals surface area contributed by atoms with E-state index in [-0.39, 0.29) is 6.23 Å². The molecule has 0 bridgehead atoms. The Kier molecular flexibility index (Phi) is 1.28. The fourth-order valence-electron chi connectivity index (χ4n) is 1.74. The van der Waals surface area contributed by atoms with Crippen LogP contribution in [0.1, 0.15) is 11.8 Å². The summed E-state index contributed by atoms with van der Waals surface area (Å²) < 4.78 is 2.12. The first-order valence-electron chi connectivity index (χ1n) is 4.31. The van der Waals surface area contributed by atoms with Crippen LogP contribution in [0.25, 0.3) is 10.9 Å². The van der Waals surface area contributed by atoms with Gasteiger partial charge in [0, 0.05) is 29.7 Å². The first-order valence-corrected chi connectivity index (χ1v) is 4.31. The van der Waals surface area contributed by atoms with Crippen LogP contribution in [0.5, 0.6) is 0 Å². The van der Waals surface area contributed by atoms with Crippen LogP contribution in [-0.4, -0.2) is 4.57 Å². The largest absolute Gasteiger partial charge is 0.350 e.